The lowest BCUT2D eigenvalue weighted by molar-refractivity contribution is -0.128. The van der Waals surface area contributed by atoms with Crippen molar-refractivity contribution in [3.05, 3.63) is 15.6 Å². The first-order valence-electron chi connectivity index (χ1n) is 8.11. The second-order valence-electron chi connectivity index (χ2n) is 6.47. The number of primary amides is 1. The fourth-order valence-electron chi connectivity index (χ4n) is 2.81. The molecule has 0 aromatic carbocycles. The number of piperidine rings is 1. The molecule has 2 heterocycles. The van der Waals surface area contributed by atoms with Gasteiger partial charge in [-0.25, -0.2) is 4.98 Å². The summed E-state index contributed by atoms with van der Waals surface area (Å²) in [6, 6.07) is 0. The number of aromatic nitrogens is 1. The predicted molar refractivity (Wildman–Crippen MR) is 91.1 cm³/mol. The Morgan fingerprint density at radius 3 is 2.83 bits per heavy atom. The highest BCUT2D eigenvalue weighted by atomic mass is 32.1. The van der Waals surface area contributed by atoms with Crippen LogP contribution in [0.25, 0.3) is 0 Å². The molecule has 1 atom stereocenters. The van der Waals surface area contributed by atoms with Crippen molar-refractivity contribution in [2.75, 3.05) is 19.6 Å². The molecule has 2 rings (SSSR count). The molecule has 1 fully saturated rings. The smallest absolute Gasteiger partial charge is 0.231 e. The molecule has 23 heavy (non-hydrogen) atoms. The van der Waals surface area contributed by atoms with Gasteiger partial charge in [0.05, 0.1) is 29.7 Å². The summed E-state index contributed by atoms with van der Waals surface area (Å²) in [6.07, 6.45) is 1.78. The Hall–Kier alpha value is -1.47. The molecule has 0 aliphatic carbocycles. The van der Waals surface area contributed by atoms with Gasteiger partial charge < -0.3 is 11.1 Å². The van der Waals surface area contributed by atoms with Gasteiger partial charge in [0.2, 0.25) is 11.8 Å². The summed E-state index contributed by atoms with van der Waals surface area (Å²) >= 11 is 1.67. The van der Waals surface area contributed by atoms with E-state index < -0.39 is 0 Å². The maximum atomic E-state index is 12.4. The van der Waals surface area contributed by atoms with Crippen LogP contribution in [0.3, 0.4) is 0 Å². The Kier molecular flexibility index (Phi) is 6.12. The number of amides is 2. The van der Waals surface area contributed by atoms with Crippen LogP contribution in [0.15, 0.2) is 0 Å². The van der Waals surface area contributed by atoms with Crippen LogP contribution >= 0.6 is 11.3 Å². The number of aryl methyl sites for hydroxylation is 1. The Morgan fingerprint density at radius 2 is 2.22 bits per heavy atom. The Morgan fingerprint density at radius 1 is 1.48 bits per heavy atom. The van der Waals surface area contributed by atoms with Crippen LogP contribution in [0.5, 0.6) is 0 Å². The van der Waals surface area contributed by atoms with E-state index in [9.17, 15) is 9.59 Å². The van der Waals surface area contributed by atoms with Gasteiger partial charge in [-0.2, -0.15) is 0 Å². The molecule has 1 aliphatic rings. The first-order chi connectivity index (χ1) is 10.9. The minimum Gasteiger partial charge on any atom is -0.369 e. The number of hydrogen-bond donors (Lipinski definition) is 2. The van der Waals surface area contributed by atoms with Crippen LogP contribution in [-0.2, 0) is 16.1 Å². The van der Waals surface area contributed by atoms with Crippen molar-refractivity contribution in [1.82, 2.24) is 15.2 Å². The number of nitrogens with zero attached hydrogens (tertiary/aromatic N) is 2. The summed E-state index contributed by atoms with van der Waals surface area (Å²) in [5, 5.41) is 4.13. The maximum absolute atomic E-state index is 12.4. The Balaban J connectivity index is 1.88. The zero-order chi connectivity index (χ0) is 17.0. The van der Waals surface area contributed by atoms with E-state index in [1.54, 1.807) is 11.3 Å². The lowest BCUT2D eigenvalue weighted by atomic mass is 9.97. The Bertz CT molecular complexity index is 570. The number of rotatable bonds is 6. The molecule has 1 aliphatic heterocycles. The topological polar surface area (TPSA) is 88.3 Å². The average molecular weight is 338 g/mol. The number of nitrogens with two attached hydrogens (primary N) is 1. The third-order valence-electron chi connectivity index (χ3n) is 4.08. The monoisotopic (exact) mass is 338 g/mol. The fourth-order valence-corrected chi connectivity index (χ4v) is 3.82. The van der Waals surface area contributed by atoms with Gasteiger partial charge in [0, 0.05) is 17.3 Å². The minimum atomic E-state index is -0.340. The van der Waals surface area contributed by atoms with Gasteiger partial charge in [-0.15, -0.1) is 11.3 Å². The first-order valence-corrected chi connectivity index (χ1v) is 8.93. The standard InChI is InChI=1S/C16H26N4O2S/c1-10(2)16-19-11(3)13(23-16)7-18-15(22)12-5-4-6-20(8-12)9-14(17)21/h10,12H,4-9H2,1-3H3,(H2,17,21)(H,18,22). The molecule has 0 bridgehead atoms. The summed E-state index contributed by atoms with van der Waals surface area (Å²) in [5.41, 5.74) is 6.23. The van der Waals surface area contributed by atoms with Crippen LogP contribution in [0.1, 0.15) is 48.2 Å². The summed E-state index contributed by atoms with van der Waals surface area (Å²) in [5.74, 6) is 0.0513. The van der Waals surface area contributed by atoms with E-state index in [2.05, 4.69) is 24.1 Å². The molecule has 1 aromatic heterocycles. The fraction of sp³-hybridized carbons (Fsp3) is 0.688. The van der Waals surface area contributed by atoms with Crippen LogP contribution in [0.2, 0.25) is 0 Å². The van der Waals surface area contributed by atoms with E-state index in [1.165, 1.54) is 0 Å². The van der Waals surface area contributed by atoms with Gasteiger partial charge in [0.15, 0.2) is 0 Å². The van der Waals surface area contributed by atoms with Crippen molar-refractivity contribution in [1.29, 1.82) is 0 Å². The van der Waals surface area contributed by atoms with E-state index in [4.69, 9.17) is 5.73 Å². The molecule has 0 spiro atoms. The number of carbonyl (C=O) groups is 2. The predicted octanol–water partition coefficient (Wildman–Crippen LogP) is 1.39. The van der Waals surface area contributed by atoms with Gasteiger partial charge in [-0.3, -0.25) is 14.5 Å². The van der Waals surface area contributed by atoms with Crippen molar-refractivity contribution in [3.63, 3.8) is 0 Å². The van der Waals surface area contributed by atoms with Gasteiger partial charge in [0.1, 0.15) is 0 Å². The van der Waals surface area contributed by atoms with Crippen molar-refractivity contribution in [2.45, 2.75) is 46.1 Å². The number of hydrogen-bond acceptors (Lipinski definition) is 5. The highest BCUT2D eigenvalue weighted by Crippen LogP contribution is 2.24. The molecule has 1 aromatic rings. The lowest BCUT2D eigenvalue weighted by Crippen LogP contribution is -2.45. The molecule has 2 amide bonds. The molecule has 3 N–H and O–H groups in total. The van der Waals surface area contributed by atoms with Crippen molar-refractivity contribution < 1.29 is 9.59 Å². The van der Waals surface area contributed by atoms with Crippen molar-refractivity contribution in [3.8, 4) is 0 Å². The normalized spacial score (nSPS) is 19.0. The second kappa shape index (κ2) is 7.88. The van der Waals surface area contributed by atoms with E-state index in [-0.39, 0.29) is 24.3 Å². The summed E-state index contributed by atoms with van der Waals surface area (Å²) < 4.78 is 0. The molecule has 128 valence electrons. The zero-order valence-electron chi connectivity index (χ0n) is 14.1. The molecule has 6 nitrogen and oxygen atoms in total. The van der Waals surface area contributed by atoms with Gasteiger partial charge >= 0.3 is 0 Å². The van der Waals surface area contributed by atoms with Gasteiger partial charge in [-0.05, 0) is 26.3 Å². The summed E-state index contributed by atoms with van der Waals surface area (Å²) in [6.45, 7) is 8.42. The van der Waals surface area contributed by atoms with Crippen LogP contribution in [0, 0.1) is 12.8 Å². The first kappa shape index (κ1) is 17.9. The molecule has 1 unspecified atom stereocenters. The lowest BCUT2D eigenvalue weighted by Gasteiger charge is -2.30. The molecule has 7 heteroatoms. The highest BCUT2D eigenvalue weighted by Gasteiger charge is 2.26. The highest BCUT2D eigenvalue weighted by molar-refractivity contribution is 7.11. The van der Waals surface area contributed by atoms with Gasteiger partial charge in [0.25, 0.3) is 0 Å². The molecule has 0 saturated carbocycles. The van der Waals surface area contributed by atoms with E-state index in [0.717, 1.165) is 35.0 Å². The molecule has 0 radical (unpaired) electrons. The zero-order valence-corrected chi connectivity index (χ0v) is 14.9. The largest absolute Gasteiger partial charge is 0.369 e. The number of nitrogens with one attached hydrogen (secondary N) is 1. The molecular formula is C16H26N4O2S. The van der Waals surface area contributed by atoms with Crippen LogP contribution < -0.4 is 11.1 Å². The number of carbonyl (C=O) groups excluding carboxylic acids is 2. The third-order valence-corrected chi connectivity index (χ3v) is 5.54. The Labute approximate surface area is 141 Å². The van der Waals surface area contributed by atoms with Crippen LogP contribution in [-0.4, -0.2) is 41.3 Å². The summed E-state index contributed by atoms with van der Waals surface area (Å²) in [7, 11) is 0. The number of thiazole rings is 1. The van der Waals surface area contributed by atoms with Crippen molar-refractivity contribution >= 4 is 23.2 Å². The average Bonchev–Trinajstić information content (AvgIpc) is 2.86. The maximum Gasteiger partial charge on any atom is 0.231 e. The minimum absolute atomic E-state index is 0.0538. The quantitative estimate of drug-likeness (QED) is 0.820. The molecule has 1 saturated heterocycles. The van der Waals surface area contributed by atoms with E-state index in [0.29, 0.717) is 19.0 Å². The second-order valence-corrected chi connectivity index (χ2v) is 7.59. The SMILES string of the molecule is Cc1nc(C(C)C)sc1CNC(=O)C1CCCN(CC(N)=O)C1. The van der Waals surface area contributed by atoms with E-state index in [1.807, 2.05) is 11.8 Å². The van der Waals surface area contributed by atoms with Crippen molar-refractivity contribution in [2.24, 2.45) is 11.7 Å². The third kappa shape index (κ3) is 5.00. The van der Waals surface area contributed by atoms with Crippen LogP contribution in [0.4, 0.5) is 0 Å². The summed E-state index contributed by atoms with van der Waals surface area (Å²) in [4.78, 5) is 31.0. The molecular weight excluding hydrogens is 312 g/mol. The number of likely N-dealkylation sites (tertiary alicyclic amines) is 1. The van der Waals surface area contributed by atoms with E-state index >= 15 is 0 Å². The van der Waals surface area contributed by atoms with Gasteiger partial charge in [-0.1, -0.05) is 13.8 Å².